The van der Waals surface area contributed by atoms with Crippen LogP contribution in [-0.4, -0.2) is 29.8 Å². The number of alkyl carbamates (subject to hydrolysis) is 1. The average molecular weight is 216 g/mol. The number of ether oxygens (including phenoxy) is 1. The first-order valence-corrected chi connectivity index (χ1v) is 5.04. The van der Waals surface area contributed by atoms with Crippen molar-refractivity contribution in [3.8, 4) is 0 Å². The molecule has 1 unspecified atom stereocenters. The normalized spacial score (nSPS) is 12.1. The van der Waals surface area contributed by atoms with E-state index in [0.717, 1.165) is 0 Å². The van der Waals surface area contributed by atoms with Crippen molar-refractivity contribution in [2.24, 2.45) is 0 Å². The molecule has 0 aromatic carbocycles. The molecule has 0 fully saturated rings. The highest BCUT2D eigenvalue weighted by Crippen LogP contribution is 2.18. The summed E-state index contributed by atoms with van der Waals surface area (Å²) in [5.74, 6) is 0. The molecule has 78 valence electrons. The monoisotopic (exact) mass is 216 g/mol. The van der Waals surface area contributed by atoms with E-state index in [1.54, 1.807) is 11.6 Å². The molecule has 1 atom stereocenters. The van der Waals surface area contributed by atoms with Crippen molar-refractivity contribution in [2.75, 3.05) is 13.7 Å². The SMILES string of the molecule is CNC(=O)OCCC(O)c1nccs1. The molecule has 0 saturated heterocycles. The number of aliphatic hydroxyl groups excluding tert-OH is 1. The van der Waals surface area contributed by atoms with Crippen LogP contribution in [0, 0.1) is 0 Å². The van der Waals surface area contributed by atoms with Gasteiger partial charge in [0, 0.05) is 25.0 Å². The first-order chi connectivity index (χ1) is 6.74. The smallest absolute Gasteiger partial charge is 0.406 e. The van der Waals surface area contributed by atoms with Gasteiger partial charge in [-0.15, -0.1) is 11.3 Å². The number of hydrogen-bond donors (Lipinski definition) is 2. The Bertz CT molecular complexity index is 276. The van der Waals surface area contributed by atoms with Gasteiger partial charge in [0.1, 0.15) is 11.1 Å². The number of rotatable bonds is 4. The van der Waals surface area contributed by atoms with Gasteiger partial charge in [-0.1, -0.05) is 0 Å². The third kappa shape index (κ3) is 3.31. The van der Waals surface area contributed by atoms with Crippen molar-refractivity contribution in [3.05, 3.63) is 16.6 Å². The van der Waals surface area contributed by atoms with Gasteiger partial charge in [-0.3, -0.25) is 0 Å². The van der Waals surface area contributed by atoms with Crippen LogP contribution in [0.5, 0.6) is 0 Å². The molecule has 1 rings (SSSR count). The summed E-state index contributed by atoms with van der Waals surface area (Å²) >= 11 is 1.38. The van der Waals surface area contributed by atoms with Crippen LogP contribution in [0.15, 0.2) is 11.6 Å². The lowest BCUT2D eigenvalue weighted by Gasteiger charge is -2.07. The van der Waals surface area contributed by atoms with Crippen LogP contribution in [0.3, 0.4) is 0 Å². The fourth-order valence-corrected chi connectivity index (χ4v) is 1.52. The van der Waals surface area contributed by atoms with Crippen molar-refractivity contribution >= 4 is 17.4 Å². The van der Waals surface area contributed by atoms with Gasteiger partial charge in [0.15, 0.2) is 0 Å². The largest absolute Gasteiger partial charge is 0.449 e. The zero-order valence-corrected chi connectivity index (χ0v) is 8.58. The van der Waals surface area contributed by atoms with Gasteiger partial charge in [-0.25, -0.2) is 9.78 Å². The number of nitrogens with zero attached hydrogens (tertiary/aromatic N) is 1. The Kier molecular flexibility index (Phi) is 4.34. The van der Waals surface area contributed by atoms with Crippen LogP contribution in [-0.2, 0) is 4.74 Å². The third-order valence-corrected chi connectivity index (χ3v) is 2.44. The summed E-state index contributed by atoms with van der Waals surface area (Å²) in [6.45, 7) is 0.181. The zero-order valence-electron chi connectivity index (χ0n) is 7.77. The van der Waals surface area contributed by atoms with E-state index in [2.05, 4.69) is 10.3 Å². The average Bonchev–Trinajstić information content (AvgIpc) is 2.70. The summed E-state index contributed by atoms with van der Waals surface area (Å²) in [7, 11) is 1.49. The van der Waals surface area contributed by atoms with E-state index in [0.29, 0.717) is 11.4 Å². The van der Waals surface area contributed by atoms with Crippen molar-refractivity contribution in [3.63, 3.8) is 0 Å². The Morgan fingerprint density at radius 2 is 2.64 bits per heavy atom. The lowest BCUT2D eigenvalue weighted by Crippen LogP contribution is -2.20. The van der Waals surface area contributed by atoms with E-state index in [9.17, 15) is 9.90 Å². The molecule has 2 N–H and O–H groups in total. The fourth-order valence-electron chi connectivity index (χ4n) is 0.858. The summed E-state index contributed by atoms with van der Waals surface area (Å²) in [5, 5.41) is 14.3. The molecular weight excluding hydrogens is 204 g/mol. The van der Waals surface area contributed by atoms with Crippen LogP contribution in [0.25, 0.3) is 0 Å². The topological polar surface area (TPSA) is 71.5 Å². The second-order valence-corrected chi connectivity index (χ2v) is 3.49. The number of nitrogens with one attached hydrogen (secondary N) is 1. The molecule has 1 heterocycles. The van der Waals surface area contributed by atoms with Crippen molar-refractivity contribution in [1.29, 1.82) is 0 Å². The second-order valence-electron chi connectivity index (χ2n) is 2.56. The Morgan fingerprint density at radius 1 is 1.86 bits per heavy atom. The first-order valence-electron chi connectivity index (χ1n) is 4.16. The Morgan fingerprint density at radius 3 is 3.21 bits per heavy atom. The minimum absolute atomic E-state index is 0.181. The lowest BCUT2D eigenvalue weighted by molar-refractivity contribution is 0.107. The second kappa shape index (κ2) is 5.56. The van der Waals surface area contributed by atoms with Crippen LogP contribution >= 0.6 is 11.3 Å². The molecule has 1 amide bonds. The van der Waals surface area contributed by atoms with E-state index in [-0.39, 0.29) is 6.61 Å². The molecule has 5 nitrogen and oxygen atoms in total. The molecule has 0 aliphatic rings. The molecule has 0 aliphatic carbocycles. The van der Waals surface area contributed by atoms with Gasteiger partial charge in [0.25, 0.3) is 0 Å². The molecule has 6 heteroatoms. The third-order valence-electron chi connectivity index (χ3n) is 1.57. The zero-order chi connectivity index (χ0) is 10.4. The van der Waals surface area contributed by atoms with Gasteiger partial charge in [-0.05, 0) is 0 Å². The minimum atomic E-state index is -0.653. The minimum Gasteiger partial charge on any atom is -0.449 e. The van der Waals surface area contributed by atoms with Gasteiger partial charge >= 0.3 is 6.09 Å². The summed E-state index contributed by atoms with van der Waals surface area (Å²) in [6.07, 6.45) is 0.847. The van der Waals surface area contributed by atoms with Crippen molar-refractivity contribution in [1.82, 2.24) is 10.3 Å². The van der Waals surface area contributed by atoms with E-state index in [4.69, 9.17) is 4.74 Å². The fraction of sp³-hybridized carbons (Fsp3) is 0.500. The van der Waals surface area contributed by atoms with Crippen LogP contribution in [0.4, 0.5) is 4.79 Å². The molecule has 0 bridgehead atoms. The molecule has 1 aromatic rings. The molecule has 0 saturated carbocycles. The van der Waals surface area contributed by atoms with Crippen molar-refractivity contribution in [2.45, 2.75) is 12.5 Å². The van der Waals surface area contributed by atoms with E-state index in [1.165, 1.54) is 18.4 Å². The van der Waals surface area contributed by atoms with E-state index in [1.807, 2.05) is 0 Å². The standard InChI is InChI=1S/C8H12N2O3S/c1-9-8(12)13-4-2-6(11)7-10-3-5-14-7/h3,5-6,11H,2,4H2,1H3,(H,9,12). The van der Waals surface area contributed by atoms with Gasteiger partial charge in [-0.2, -0.15) is 0 Å². The highest BCUT2D eigenvalue weighted by molar-refractivity contribution is 7.09. The summed E-state index contributed by atoms with van der Waals surface area (Å²) in [4.78, 5) is 14.6. The number of thiazole rings is 1. The van der Waals surface area contributed by atoms with E-state index < -0.39 is 12.2 Å². The van der Waals surface area contributed by atoms with Crippen LogP contribution in [0.2, 0.25) is 0 Å². The number of hydrogen-bond acceptors (Lipinski definition) is 5. The molecule has 0 aliphatic heterocycles. The number of aliphatic hydroxyl groups is 1. The van der Waals surface area contributed by atoms with Gasteiger partial charge in [0.05, 0.1) is 6.61 Å². The Labute approximate surface area is 85.7 Å². The molecule has 0 spiro atoms. The van der Waals surface area contributed by atoms with Gasteiger partial charge < -0.3 is 15.2 Å². The Hall–Kier alpha value is -1.14. The predicted octanol–water partition coefficient (Wildman–Crippen LogP) is 0.923. The van der Waals surface area contributed by atoms with Gasteiger partial charge in [0.2, 0.25) is 0 Å². The molecular formula is C8H12N2O3S. The Balaban J connectivity index is 2.22. The van der Waals surface area contributed by atoms with Crippen LogP contribution < -0.4 is 5.32 Å². The highest BCUT2D eigenvalue weighted by Gasteiger charge is 2.10. The number of carbonyl (C=O) groups excluding carboxylic acids is 1. The quantitative estimate of drug-likeness (QED) is 0.785. The van der Waals surface area contributed by atoms with Crippen molar-refractivity contribution < 1.29 is 14.6 Å². The first kappa shape index (κ1) is 10.9. The maximum atomic E-state index is 10.7. The maximum Gasteiger partial charge on any atom is 0.406 e. The maximum absolute atomic E-state index is 10.7. The summed E-state index contributed by atoms with van der Waals surface area (Å²) in [5.41, 5.74) is 0. The molecule has 14 heavy (non-hydrogen) atoms. The van der Waals surface area contributed by atoms with Crippen LogP contribution in [0.1, 0.15) is 17.5 Å². The molecule has 0 radical (unpaired) electrons. The highest BCUT2D eigenvalue weighted by atomic mass is 32.1. The lowest BCUT2D eigenvalue weighted by atomic mass is 10.3. The predicted molar refractivity (Wildman–Crippen MR) is 52.1 cm³/mol. The number of aromatic nitrogens is 1. The number of carbonyl (C=O) groups is 1. The summed E-state index contributed by atoms with van der Waals surface area (Å²) < 4.78 is 4.73. The number of amides is 1. The van der Waals surface area contributed by atoms with E-state index >= 15 is 0 Å². The summed E-state index contributed by atoms with van der Waals surface area (Å²) in [6, 6.07) is 0. The molecule has 1 aromatic heterocycles.